The summed E-state index contributed by atoms with van der Waals surface area (Å²) in [6.45, 7) is -1.43. The smallest absolute Gasteiger partial charge is 0.321 e. The van der Waals surface area contributed by atoms with Crippen molar-refractivity contribution < 1.29 is 27.7 Å². The summed E-state index contributed by atoms with van der Waals surface area (Å²) in [5.41, 5.74) is 1.17. The quantitative estimate of drug-likeness (QED) is 0.228. The van der Waals surface area contributed by atoms with E-state index in [9.17, 15) is 28.1 Å². The normalized spacial score (nSPS) is 11.2. The number of nitro benzene ring substituents is 1. The molecule has 0 bridgehead atoms. The van der Waals surface area contributed by atoms with Crippen LogP contribution in [0.4, 0.5) is 17.1 Å². The second kappa shape index (κ2) is 9.63. The van der Waals surface area contributed by atoms with Crippen LogP contribution in [0.2, 0.25) is 0 Å². The molecule has 15 heteroatoms. The Balaban J connectivity index is 1.55. The van der Waals surface area contributed by atoms with Crippen molar-refractivity contribution in [2.75, 3.05) is 30.8 Å². The summed E-state index contributed by atoms with van der Waals surface area (Å²) in [4.78, 5) is 33.8. The third kappa shape index (κ3) is 5.32. The highest BCUT2D eigenvalue weighted by Gasteiger charge is 2.22. The van der Waals surface area contributed by atoms with Crippen LogP contribution in [-0.4, -0.2) is 54.2 Å². The summed E-state index contributed by atoms with van der Waals surface area (Å²) in [5.74, 6) is -1.67. The molecular formula is C17H16N6O7S2. The number of carbonyl (C=O) groups excluding carboxylic acids is 2. The van der Waals surface area contributed by atoms with Crippen LogP contribution in [0.3, 0.4) is 0 Å². The first kappa shape index (κ1) is 23.0. The van der Waals surface area contributed by atoms with Gasteiger partial charge in [0.15, 0.2) is 6.61 Å². The molecule has 1 aromatic heterocycles. The minimum Gasteiger partial charge on any atom is -0.455 e. The summed E-state index contributed by atoms with van der Waals surface area (Å²) in [5, 5.41) is 16.2. The Morgan fingerprint density at radius 3 is 2.69 bits per heavy atom. The Morgan fingerprint density at radius 1 is 1.19 bits per heavy atom. The molecule has 0 atom stereocenters. The fourth-order valence-electron chi connectivity index (χ4n) is 2.57. The summed E-state index contributed by atoms with van der Waals surface area (Å²) < 4.78 is 39.5. The lowest BCUT2D eigenvalue weighted by Crippen LogP contribution is -2.32. The topological polar surface area (TPSA) is 183 Å². The molecule has 0 radical (unpaired) electrons. The molecule has 3 aromatic rings. The number of ether oxygens (including phenoxy) is 1. The molecule has 0 fully saturated rings. The van der Waals surface area contributed by atoms with Gasteiger partial charge < -0.3 is 15.4 Å². The number of rotatable bonds is 9. The molecule has 1 heterocycles. The number of sulfonamides is 1. The van der Waals surface area contributed by atoms with Crippen LogP contribution < -0.4 is 15.4 Å². The number of carbonyl (C=O) groups is 2. The molecule has 3 rings (SSSR count). The molecule has 3 N–H and O–H groups in total. The zero-order valence-corrected chi connectivity index (χ0v) is 18.0. The Morgan fingerprint density at radius 2 is 1.97 bits per heavy atom. The molecule has 0 aliphatic rings. The average molecular weight is 480 g/mol. The predicted octanol–water partition coefficient (Wildman–Crippen LogP) is 1.10. The standard InChI is InChI=1S/C17H16N6O7S2/c1-18-11-6-5-10(7-14(11)23(26)27)32(28,29)19-8-16(25)30-9-15(24)20-12-3-2-4-13-17(12)22-31-21-13/h2-7,18-19H,8-9H2,1H3,(H,20,24). The molecule has 0 aliphatic carbocycles. The zero-order valence-electron chi connectivity index (χ0n) is 16.4. The number of anilines is 2. The first-order valence-electron chi connectivity index (χ1n) is 8.84. The van der Waals surface area contributed by atoms with E-state index in [2.05, 4.69) is 19.4 Å². The Bertz CT molecular complexity index is 1290. The fraction of sp³-hybridized carbons (Fsp3) is 0.176. The van der Waals surface area contributed by atoms with Crippen LogP contribution in [0.1, 0.15) is 0 Å². The van der Waals surface area contributed by atoms with Crippen LogP contribution in [-0.2, 0) is 24.3 Å². The van der Waals surface area contributed by atoms with Gasteiger partial charge in [-0.05, 0) is 24.3 Å². The lowest BCUT2D eigenvalue weighted by molar-refractivity contribution is -0.384. The highest BCUT2D eigenvalue weighted by atomic mass is 32.2. The highest BCUT2D eigenvalue weighted by molar-refractivity contribution is 7.89. The molecule has 13 nitrogen and oxygen atoms in total. The summed E-state index contributed by atoms with van der Waals surface area (Å²) >= 11 is 0.981. The molecule has 0 unspecified atom stereocenters. The number of amides is 1. The number of esters is 1. The minimum absolute atomic E-state index is 0.128. The van der Waals surface area contributed by atoms with Crippen molar-refractivity contribution in [3.05, 3.63) is 46.5 Å². The second-order valence-corrected chi connectivity index (χ2v) is 8.45. The van der Waals surface area contributed by atoms with Crippen molar-refractivity contribution >= 4 is 61.7 Å². The molecule has 1 amide bonds. The molecule has 0 saturated heterocycles. The van der Waals surface area contributed by atoms with E-state index < -0.39 is 50.6 Å². The van der Waals surface area contributed by atoms with Crippen molar-refractivity contribution in [2.24, 2.45) is 0 Å². The molecule has 2 aromatic carbocycles. The molecule has 0 aliphatic heterocycles. The minimum atomic E-state index is -4.24. The maximum atomic E-state index is 12.3. The van der Waals surface area contributed by atoms with Crippen molar-refractivity contribution in [2.45, 2.75) is 4.90 Å². The van der Waals surface area contributed by atoms with Crippen LogP contribution >= 0.6 is 11.7 Å². The van der Waals surface area contributed by atoms with Crippen molar-refractivity contribution in [3.8, 4) is 0 Å². The van der Waals surface area contributed by atoms with Gasteiger partial charge in [0, 0.05) is 13.1 Å². The number of benzene rings is 2. The average Bonchev–Trinajstić information content (AvgIpc) is 3.26. The van der Waals surface area contributed by atoms with E-state index in [4.69, 9.17) is 4.74 Å². The second-order valence-electron chi connectivity index (χ2n) is 6.16. The number of nitrogens with zero attached hydrogens (tertiary/aromatic N) is 3. The third-order valence-electron chi connectivity index (χ3n) is 4.08. The van der Waals surface area contributed by atoms with Gasteiger partial charge in [0.2, 0.25) is 10.0 Å². The molecular weight excluding hydrogens is 464 g/mol. The number of hydrogen-bond donors (Lipinski definition) is 3. The van der Waals surface area contributed by atoms with Gasteiger partial charge in [-0.25, -0.2) is 8.42 Å². The molecule has 168 valence electrons. The van der Waals surface area contributed by atoms with Crippen LogP contribution in [0.25, 0.3) is 11.0 Å². The Hall–Kier alpha value is -3.69. The van der Waals surface area contributed by atoms with Gasteiger partial charge >= 0.3 is 5.97 Å². The number of nitrogens with one attached hydrogen (secondary N) is 3. The summed E-state index contributed by atoms with van der Waals surface area (Å²) in [7, 11) is -2.79. The largest absolute Gasteiger partial charge is 0.455 e. The lowest BCUT2D eigenvalue weighted by Gasteiger charge is -2.09. The first-order valence-corrected chi connectivity index (χ1v) is 11.0. The lowest BCUT2D eigenvalue weighted by atomic mass is 10.2. The van der Waals surface area contributed by atoms with Gasteiger partial charge in [0.25, 0.3) is 11.6 Å². The van der Waals surface area contributed by atoms with Gasteiger partial charge in [-0.1, -0.05) is 6.07 Å². The summed E-state index contributed by atoms with van der Waals surface area (Å²) in [6, 6.07) is 8.24. The maximum Gasteiger partial charge on any atom is 0.321 e. The van der Waals surface area contributed by atoms with E-state index in [1.54, 1.807) is 18.2 Å². The van der Waals surface area contributed by atoms with E-state index in [0.717, 1.165) is 23.9 Å². The van der Waals surface area contributed by atoms with Crippen LogP contribution in [0, 0.1) is 10.1 Å². The zero-order chi connectivity index (χ0) is 23.3. The first-order chi connectivity index (χ1) is 15.2. The molecule has 32 heavy (non-hydrogen) atoms. The van der Waals surface area contributed by atoms with Crippen LogP contribution in [0.5, 0.6) is 0 Å². The van der Waals surface area contributed by atoms with Gasteiger partial charge in [-0.3, -0.25) is 19.7 Å². The van der Waals surface area contributed by atoms with Crippen molar-refractivity contribution in [1.29, 1.82) is 0 Å². The van der Waals surface area contributed by atoms with Crippen LogP contribution in [0.15, 0.2) is 41.3 Å². The van der Waals surface area contributed by atoms with E-state index in [-0.39, 0.29) is 5.69 Å². The monoisotopic (exact) mass is 480 g/mol. The number of nitro groups is 1. The van der Waals surface area contributed by atoms with E-state index in [1.807, 2.05) is 4.72 Å². The SMILES string of the molecule is CNc1ccc(S(=O)(=O)NCC(=O)OCC(=O)Nc2cccc3nsnc23)cc1[N+](=O)[O-]. The Kier molecular flexibility index (Phi) is 6.92. The van der Waals surface area contributed by atoms with Gasteiger partial charge in [-0.2, -0.15) is 13.5 Å². The number of aromatic nitrogens is 2. The molecule has 0 saturated carbocycles. The van der Waals surface area contributed by atoms with Crippen molar-refractivity contribution in [1.82, 2.24) is 13.5 Å². The van der Waals surface area contributed by atoms with Gasteiger partial charge in [-0.15, -0.1) is 0 Å². The number of hydrogen-bond acceptors (Lipinski definition) is 11. The van der Waals surface area contributed by atoms with Gasteiger partial charge in [0.05, 0.1) is 27.2 Å². The summed E-state index contributed by atoms with van der Waals surface area (Å²) in [6.07, 6.45) is 0. The van der Waals surface area contributed by atoms with E-state index >= 15 is 0 Å². The highest BCUT2D eigenvalue weighted by Crippen LogP contribution is 2.27. The maximum absolute atomic E-state index is 12.3. The Labute approximate surface area is 185 Å². The molecule has 0 spiro atoms. The van der Waals surface area contributed by atoms with Crippen molar-refractivity contribution in [3.63, 3.8) is 0 Å². The predicted molar refractivity (Wildman–Crippen MR) is 115 cm³/mol. The third-order valence-corrected chi connectivity index (χ3v) is 6.02. The van der Waals surface area contributed by atoms with E-state index in [0.29, 0.717) is 16.7 Å². The van der Waals surface area contributed by atoms with Gasteiger partial charge in [0.1, 0.15) is 23.3 Å². The number of fused-ring (bicyclic) bond motifs is 1. The fourth-order valence-corrected chi connectivity index (χ4v) is 4.11. The van der Waals surface area contributed by atoms with E-state index in [1.165, 1.54) is 13.1 Å².